The maximum absolute atomic E-state index is 12.6. The monoisotopic (exact) mass is 345 g/mol. The molecule has 4 heteroatoms. The molecule has 1 atom stereocenters. The Morgan fingerprint density at radius 1 is 0.923 bits per heavy atom. The smallest absolute Gasteiger partial charge is 0.326 e. The summed E-state index contributed by atoms with van der Waals surface area (Å²) in [7, 11) is 0. The van der Waals surface area contributed by atoms with Gasteiger partial charge in [-0.3, -0.25) is 4.79 Å². The summed E-state index contributed by atoms with van der Waals surface area (Å²) in [5.41, 5.74) is 1.46. The molecule has 0 aliphatic heterocycles. The highest BCUT2D eigenvalue weighted by molar-refractivity contribution is 6.07. The predicted octanol–water partition coefficient (Wildman–Crippen LogP) is 4.13. The number of rotatable bonds is 6. The van der Waals surface area contributed by atoms with Gasteiger partial charge in [-0.1, -0.05) is 78.9 Å². The lowest BCUT2D eigenvalue weighted by molar-refractivity contribution is -0.139. The summed E-state index contributed by atoms with van der Waals surface area (Å²) in [5, 5.41) is 13.8. The van der Waals surface area contributed by atoms with Gasteiger partial charge >= 0.3 is 5.97 Å². The van der Waals surface area contributed by atoms with Crippen LogP contribution >= 0.6 is 0 Å². The van der Waals surface area contributed by atoms with E-state index in [0.717, 1.165) is 16.3 Å². The lowest BCUT2D eigenvalue weighted by atomic mass is 10.0. The molecule has 0 unspecified atom stereocenters. The maximum atomic E-state index is 12.6. The molecule has 2 N–H and O–H groups in total. The molecule has 0 heterocycles. The highest BCUT2D eigenvalue weighted by Crippen LogP contribution is 2.18. The van der Waals surface area contributed by atoms with Gasteiger partial charge in [0.2, 0.25) is 0 Å². The summed E-state index contributed by atoms with van der Waals surface area (Å²) in [6.45, 7) is 0. The van der Waals surface area contributed by atoms with Crippen LogP contribution in [-0.4, -0.2) is 23.0 Å². The van der Waals surface area contributed by atoms with E-state index < -0.39 is 12.0 Å². The van der Waals surface area contributed by atoms with Crippen LogP contribution in [0.25, 0.3) is 16.8 Å². The van der Waals surface area contributed by atoms with E-state index in [1.165, 1.54) is 0 Å². The Balaban J connectivity index is 1.74. The number of carbonyl (C=O) groups excluding carboxylic acids is 1. The minimum Gasteiger partial charge on any atom is -0.480 e. The summed E-state index contributed by atoms with van der Waals surface area (Å²) in [4.78, 5) is 24.1. The zero-order valence-corrected chi connectivity index (χ0v) is 14.1. The van der Waals surface area contributed by atoms with Crippen molar-refractivity contribution in [2.24, 2.45) is 0 Å². The molecule has 0 aliphatic rings. The van der Waals surface area contributed by atoms with E-state index in [9.17, 15) is 14.7 Å². The molecule has 3 aromatic carbocycles. The first-order valence-electron chi connectivity index (χ1n) is 8.38. The van der Waals surface area contributed by atoms with E-state index in [4.69, 9.17) is 0 Å². The van der Waals surface area contributed by atoms with E-state index in [2.05, 4.69) is 5.32 Å². The van der Waals surface area contributed by atoms with Gasteiger partial charge < -0.3 is 10.4 Å². The van der Waals surface area contributed by atoms with Gasteiger partial charge in [0.15, 0.2) is 0 Å². The third-order valence-corrected chi connectivity index (χ3v) is 4.12. The Morgan fingerprint density at radius 2 is 1.62 bits per heavy atom. The standard InChI is InChI=1S/C22H19NO3/c24-21(19-14-7-12-17-11-4-5-13-18(17)19)23-20(22(25)26)15-6-10-16-8-2-1-3-9-16/h1-14,20H,15H2,(H,23,24)(H,25,26)/b10-6+/t20-/m1/s1. The molecular weight excluding hydrogens is 326 g/mol. The van der Waals surface area contributed by atoms with E-state index in [1.807, 2.05) is 66.7 Å². The first kappa shape index (κ1) is 17.4. The minimum absolute atomic E-state index is 0.209. The van der Waals surface area contributed by atoms with Crippen molar-refractivity contribution < 1.29 is 14.7 Å². The number of carboxylic acids is 1. The number of amides is 1. The molecule has 0 aromatic heterocycles. The van der Waals surface area contributed by atoms with Crippen LogP contribution < -0.4 is 5.32 Å². The summed E-state index contributed by atoms with van der Waals surface area (Å²) in [6, 6.07) is 21.6. The highest BCUT2D eigenvalue weighted by atomic mass is 16.4. The van der Waals surface area contributed by atoms with Crippen LogP contribution in [0, 0.1) is 0 Å². The molecule has 26 heavy (non-hydrogen) atoms. The van der Waals surface area contributed by atoms with Crippen molar-refractivity contribution in [3.8, 4) is 0 Å². The van der Waals surface area contributed by atoms with Crippen molar-refractivity contribution in [3.05, 3.63) is 90.0 Å². The second-order valence-electron chi connectivity index (χ2n) is 5.94. The number of carbonyl (C=O) groups is 2. The van der Waals surface area contributed by atoms with Gasteiger partial charge in [-0.25, -0.2) is 4.79 Å². The Labute approximate surface area is 151 Å². The predicted molar refractivity (Wildman–Crippen MR) is 103 cm³/mol. The largest absolute Gasteiger partial charge is 0.480 e. The van der Waals surface area contributed by atoms with Crippen LogP contribution in [-0.2, 0) is 4.79 Å². The van der Waals surface area contributed by atoms with Crippen LogP contribution in [0.2, 0.25) is 0 Å². The minimum atomic E-state index is -1.06. The topological polar surface area (TPSA) is 66.4 Å². The Bertz CT molecular complexity index is 943. The molecule has 1 amide bonds. The van der Waals surface area contributed by atoms with Gasteiger partial charge in [0.05, 0.1) is 0 Å². The number of benzene rings is 3. The van der Waals surface area contributed by atoms with E-state index >= 15 is 0 Å². The summed E-state index contributed by atoms with van der Waals surface area (Å²) < 4.78 is 0. The summed E-state index contributed by atoms with van der Waals surface area (Å²) >= 11 is 0. The molecule has 130 valence electrons. The van der Waals surface area contributed by atoms with Gasteiger partial charge in [0.25, 0.3) is 5.91 Å². The zero-order valence-electron chi connectivity index (χ0n) is 14.1. The number of nitrogens with one attached hydrogen (secondary N) is 1. The number of aliphatic carboxylic acids is 1. The van der Waals surface area contributed by atoms with Gasteiger partial charge in [-0.05, 0) is 28.8 Å². The quantitative estimate of drug-likeness (QED) is 0.706. The van der Waals surface area contributed by atoms with Crippen molar-refractivity contribution >= 4 is 28.7 Å². The molecule has 3 rings (SSSR count). The second kappa shape index (κ2) is 8.12. The Hall–Kier alpha value is -3.40. The molecule has 0 fully saturated rings. The van der Waals surface area contributed by atoms with Crippen LogP contribution in [0.4, 0.5) is 0 Å². The fraction of sp³-hybridized carbons (Fsp3) is 0.0909. The van der Waals surface area contributed by atoms with Crippen LogP contribution in [0.5, 0.6) is 0 Å². The maximum Gasteiger partial charge on any atom is 0.326 e. The molecule has 0 radical (unpaired) electrons. The lowest BCUT2D eigenvalue weighted by Crippen LogP contribution is -2.40. The van der Waals surface area contributed by atoms with E-state index in [0.29, 0.717) is 5.56 Å². The molecule has 4 nitrogen and oxygen atoms in total. The summed E-state index contributed by atoms with van der Waals surface area (Å²) in [5.74, 6) is -1.45. The average molecular weight is 345 g/mol. The lowest BCUT2D eigenvalue weighted by Gasteiger charge is -2.14. The fourth-order valence-electron chi connectivity index (χ4n) is 2.79. The zero-order chi connectivity index (χ0) is 18.4. The fourth-order valence-corrected chi connectivity index (χ4v) is 2.79. The van der Waals surface area contributed by atoms with E-state index in [-0.39, 0.29) is 12.3 Å². The number of hydrogen-bond donors (Lipinski definition) is 2. The molecule has 0 bridgehead atoms. The second-order valence-corrected chi connectivity index (χ2v) is 5.94. The Morgan fingerprint density at radius 3 is 2.38 bits per heavy atom. The van der Waals surface area contributed by atoms with Crippen molar-refractivity contribution in [2.45, 2.75) is 12.5 Å². The van der Waals surface area contributed by atoms with Crippen LogP contribution in [0.1, 0.15) is 22.3 Å². The SMILES string of the molecule is O=C(N[C@H](C/C=C/c1ccccc1)C(=O)O)c1cccc2ccccc12. The van der Waals surface area contributed by atoms with Crippen molar-refractivity contribution in [3.63, 3.8) is 0 Å². The number of carboxylic acid groups (broad SMARTS) is 1. The van der Waals surface area contributed by atoms with Crippen molar-refractivity contribution in [2.75, 3.05) is 0 Å². The van der Waals surface area contributed by atoms with Crippen LogP contribution in [0.15, 0.2) is 78.9 Å². The Kier molecular flexibility index (Phi) is 5.44. The van der Waals surface area contributed by atoms with Gasteiger partial charge in [-0.2, -0.15) is 0 Å². The van der Waals surface area contributed by atoms with Gasteiger partial charge in [0.1, 0.15) is 6.04 Å². The normalized spacial score (nSPS) is 12.2. The molecule has 3 aromatic rings. The third kappa shape index (κ3) is 4.16. The van der Waals surface area contributed by atoms with Gasteiger partial charge in [-0.15, -0.1) is 0 Å². The number of hydrogen-bond acceptors (Lipinski definition) is 2. The molecule has 0 saturated carbocycles. The average Bonchev–Trinajstić information content (AvgIpc) is 2.67. The van der Waals surface area contributed by atoms with Crippen molar-refractivity contribution in [1.82, 2.24) is 5.32 Å². The number of fused-ring (bicyclic) bond motifs is 1. The first-order chi connectivity index (χ1) is 12.6. The highest BCUT2D eigenvalue weighted by Gasteiger charge is 2.20. The van der Waals surface area contributed by atoms with Gasteiger partial charge in [0, 0.05) is 5.56 Å². The summed E-state index contributed by atoms with van der Waals surface area (Å²) in [6.07, 6.45) is 3.82. The molecular formula is C22H19NO3. The third-order valence-electron chi connectivity index (χ3n) is 4.12. The molecule has 0 saturated heterocycles. The molecule has 0 aliphatic carbocycles. The first-order valence-corrected chi connectivity index (χ1v) is 8.38. The molecule has 0 spiro atoms. The van der Waals surface area contributed by atoms with E-state index in [1.54, 1.807) is 18.2 Å². The van der Waals surface area contributed by atoms with Crippen LogP contribution in [0.3, 0.4) is 0 Å². The van der Waals surface area contributed by atoms with Crippen molar-refractivity contribution in [1.29, 1.82) is 0 Å².